The van der Waals surface area contributed by atoms with E-state index < -0.39 is 10.0 Å². The number of carbonyl (C=O) groups excluding carboxylic acids is 1. The van der Waals surface area contributed by atoms with Gasteiger partial charge in [0.25, 0.3) is 0 Å². The van der Waals surface area contributed by atoms with E-state index in [9.17, 15) is 13.2 Å². The van der Waals surface area contributed by atoms with Crippen molar-refractivity contribution in [1.29, 1.82) is 0 Å². The molecule has 0 spiro atoms. The van der Waals surface area contributed by atoms with Crippen LogP contribution in [0.5, 0.6) is 0 Å². The molecule has 0 atom stereocenters. The molecule has 2 rings (SSSR count). The number of aryl methyl sites for hydroxylation is 1. The molecule has 2 aromatic carbocycles. The van der Waals surface area contributed by atoms with Crippen molar-refractivity contribution in [2.75, 3.05) is 5.32 Å². The van der Waals surface area contributed by atoms with E-state index >= 15 is 0 Å². The summed E-state index contributed by atoms with van der Waals surface area (Å²) < 4.78 is 22.9. The van der Waals surface area contributed by atoms with Gasteiger partial charge in [-0.2, -0.15) is 0 Å². The lowest BCUT2D eigenvalue weighted by molar-refractivity contribution is -0.115. The Morgan fingerprint density at radius 3 is 2.41 bits per heavy atom. The summed E-state index contributed by atoms with van der Waals surface area (Å²) in [7, 11) is -3.82. The topological polar surface area (TPSA) is 89.3 Å². The van der Waals surface area contributed by atoms with E-state index in [-0.39, 0.29) is 17.2 Å². The second kappa shape index (κ2) is 6.48. The van der Waals surface area contributed by atoms with Gasteiger partial charge < -0.3 is 5.32 Å². The summed E-state index contributed by atoms with van der Waals surface area (Å²) in [5.41, 5.74) is 1.72. The maximum absolute atomic E-state index is 12.0. The van der Waals surface area contributed by atoms with Crippen LogP contribution in [0, 0.1) is 6.92 Å². The highest BCUT2D eigenvalue weighted by molar-refractivity contribution is 7.89. The number of hydrogen-bond donors (Lipinski definition) is 2. The Labute approximate surface area is 134 Å². The number of halogens is 1. The summed E-state index contributed by atoms with van der Waals surface area (Å²) in [6.07, 6.45) is 0.162. The first-order chi connectivity index (χ1) is 10.3. The summed E-state index contributed by atoms with van der Waals surface area (Å²) in [6, 6.07) is 11.5. The second-order valence-corrected chi connectivity index (χ2v) is 6.84. The van der Waals surface area contributed by atoms with Gasteiger partial charge in [0.1, 0.15) is 0 Å². The van der Waals surface area contributed by atoms with Crippen molar-refractivity contribution >= 4 is 33.2 Å². The van der Waals surface area contributed by atoms with Gasteiger partial charge in [-0.25, -0.2) is 13.6 Å². The molecule has 2 aromatic rings. The Morgan fingerprint density at radius 2 is 1.82 bits per heavy atom. The fraction of sp³-hybridized carbons (Fsp3) is 0.133. The van der Waals surface area contributed by atoms with Crippen molar-refractivity contribution < 1.29 is 13.2 Å². The minimum atomic E-state index is -3.82. The SMILES string of the molecule is Cc1ccc(NC(=O)Cc2ccc(Cl)cc2)cc1S(N)(=O)=O. The predicted molar refractivity (Wildman–Crippen MR) is 86.3 cm³/mol. The largest absolute Gasteiger partial charge is 0.326 e. The zero-order chi connectivity index (χ0) is 16.3. The van der Waals surface area contributed by atoms with Crippen molar-refractivity contribution in [3.05, 3.63) is 58.6 Å². The van der Waals surface area contributed by atoms with Gasteiger partial charge in [-0.1, -0.05) is 29.8 Å². The van der Waals surface area contributed by atoms with Crippen molar-refractivity contribution in [3.63, 3.8) is 0 Å². The fourth-order valence-corrected chi connectivity index (χ4v) is 2.91. The molecular formula is C15H15ClN2O3S. The number of amides is 1. The third kappa shape index (κ3) is 4.30. The highest BCUT2D eigenvalue weighted by Gasteiger charge is 2.13. The van der Waals surface area contributed by atoms with Gasteiger partial charge in [0.15, 0.2) is 0 Å². The smallest absolute Gasteiger partial charge is 0.238 e. The molecule has 0 saturated heterocycles. The van der Waals surface area contributed by atoms with Gasteiger partial charge in [-0.3, -0.25) is 4.79 Å². The zero-order valence-corrected chi connectivity index (χ0v) is 13.4. The van der Waals surface area contributed by atoms with E-state index in [1.54, 1.807) is 43.3 Å². The lowest BCUT2D eigenvalue weighted by Crippen LogP contribution is -2.17. The van der Waals surface area contributed by atoms with E-state index in [2.05, 4.69) is 5.32 Å². The van der Waals surface area contributed by atoms with E-state index in [0.717, 1.165) is 5.56 Å². The molecule has 22 heavy (non-hydrogen) atoms. The van der Waals surface area contributed by atoms with Gasteiger partial charge in [-0.15, -0.1) is 0 Å². The van der Waals surface area contributed by atoms with E-state index in [1.165, 1.54) is 6.07 Å². The molecule has 0 aliphatic rings. The molecule has 0 aromatic heterocycles. The Kier molecular flexibility index (Phi) is 4.85. The van der Waals surface area contributed by atoms with Crippen molar-refractivity contribution in [2.24, 2.45) is 5.14 Å². The van der Waals surface area contributed by atoms with Gasteiger partial charge in [-0.05, 0) is 42.3 Å². The molecule has 0 bridgehead atoms. The van der Waals surface area contributed by atoms with Crippen LogP contribution >= 0.6 is 11.6 Å². The van der Waals surface area contributed by atoms with Crippen molar-refractivity contribution in [3.8, 4) is 0 Å². The number of nitrogens with two attached hydrogens (primary N) is 1. The molecule has 0 saturated carbocycles. The first kappa shape index (κ1) is 16.5. The first-order valence-corrected chi connectivity index (χ1v) is 8.36. The molecule has 1 amide bonds. The third-order valence-corrected chi connectivity index (χ3v) is 4.36. The Balaban J connectivity index is 2.13. The monoisotopic (exact) mass is 338 g/mol. The number of carbonyl (C=O) groups is 1. The molecule has 3 N–H and O–H groups in total. The third-order valence-electron chi connectivity index (χ3n) is 3.06. The fourth-order valence-electron chi connectivity index (χ4n) is 1.98. The molecule has 116 valence electrons. The van der Waals surface area contributed by atoms with Crippen LogP contribution < -0.4 is 10.5 Å². The number of rotatable bonds is 4. The molecule has 0 aliphatic heterocycles. The molecule has 0 heterocycles. The molecule has 0 radical (unpaired) electrons. The average molecular weight is 339 g/mol. The van der Waals surface area contributed by atoms with E-state index in [4.69, 9.17) is 16.7 Å². The Hall–Kier alpha value is -1.89. The zero-order valence-electron chi connectivity index (χ0n) is 11.8. The molecular weight excluding hydrogens is 324 g/mol. The number of hydrogen-bond acceptors (Lipinski definition) is 3. The summed E-state index contributed by atoms with van der Waals surface area (Å²) in [5.74, 6) is -0.258. The maximum Gasteiger partial charge on any atom is 0.238 e. The van der Waals surface area contributed by atoms with E-state index in [0.29, 0.717) is 16.3 Å². The van der Waals surface area contributed by atoms with Crippen LogP contribution in [0.15, 0.2) is 47.4 Å². The minimum absolute atomic E-state index is 0.00297. The Morgan fingerprint density at radius 1 is 1.18 bits per heavy atom. The molecule has 0 fully saturated rings. The Bertz CT molecular complexity index is 802. The predicted octanol–water partition coefficient (Wildman–Crippen LogP) is 2.48. The average Bonchev–Trinajstić information content (AvgIpc) is 2.42. The number of primary sulfonamides is 1. The normalized spacial score (nSPS) is 11.2. The van der Waals surface area contributed by atoms with Crippen molar-refractivity contribution in [1.82, 2.24) is 0 Å². The quantitative estimate of drug-likeness (QED) is 0.897. The highest BCUT2D eigenvalue weighted by atomic mass is 35.5. The lowest BCUT2D eigenvalue weighted by atomic mass is 10.1. The molecule has 7 heteroatoms. The number of nitrogens with one attached hydrogen (secondary N) is 1. The molecule has 0 unspecified atom stereocenters. The van der Waals surface area contributed by atoms with Gasteiger partial charge in [0.05, 0.1) is 11.3 Å². The van der Waals surface area contributed by atoms with E-state index in [1.807, 2.05) is 0 Å². The molecule has 5 nitrogen and oxygen atoms in total. The minimum Gasteiger partial charge on any atom is -0.326 e. The summed E-state index contributed by atoms with van der Waals surface area (Å²) in [6.45, 7) is 1.64. The van der Waals surface area contributed by atoms with Crippen LogP contribution in [-0.4, -0.2) is 14.3 Å². The van der Waals surface area contributed by atoms with Crippen LogP contribution in [0.3, 0.4) is 0 Å². The van der Waals surface area contributed by atoms with Crippen LogP contribution in [0.1, 0.15) is 11.1 Å². The number of anilines is 1. The van der Waals surface area contributed by atoms with Gasteiger partial charge in [0, 0.05) is 10.7 Å². The van der Waals surface area contributed by atoms with Gasteiger partial charge >= 0.3 is 0 Å². The van der Waals surface area contributed by atoms with Crippen LogP contribution in [0.25, 0.3) is 0 Å². The maximum atomic E-state index is 12.0. The van der Waals surface area contributed by atoms with Crippen molar-refractivity contribution in [2.45, 2.75) is 18.2 Å². The second-order valence-electron chi connectivity index (χ2n) is 4.88. The van der Waals surface area contributed by atoms with Gasteiger partial charge in [0.2, 0.25) is 15.9 Å². The standard InChI is InChI=1S/C15H15ClN2O3S/c1-10-2-7-13(9-14(10)22(17,20)21)18-15(19)8-11-3-5-12(16)6-4-11/h2-7,9H,8H2,1H3,(H,18,19)(H2,17,20,21). The summed E-state index contributed by atoms with van der Waals surface area (Å²) in [5, 5.41) is 8.39. The number of sulfonamides is 1. The van der Waals surface area contributed by atoms with Crippen LogP contribution in [0.4, 0.5) is 5.69 Å². The lowest BCUT2D eigenvalue weighted by Gasteiger charge is -2.09. The van der Waals surface area contributed by atoms with Crippen LogP contribution in [0.2, 0.25) is 5.02 Å². The summed E-state index contributed by atoms with van der Waals surface area (Å²) >= 11 is 5.78. The highest BCUT2D eigenvalue weighted by Crippen LogP contribution is 2.19. The molecule has 0 aliphatic carbocycles. The number of benzene rings is 2. The first-order valence-electron chi connectivity index (χ1n) is 6.43. The van der Waals surface area contributed by atoms with Crippen LogP contribution in [-0.2, 0) is 21.2 Å². The summed E-state index contributed by atoms with van der Waals surface area (Å²) in [4.78, 5) is 12.0.